The maximum absolute atomic E-state index is 12.5. The van der Waals surface area contributed by atoms with Crippen molar-refractivity contribution in [3.63, 3.8) is 0 Å². The number of ether oxygens (including phenoxy) is 1. The van der Waals surface area contributed by atoms with Crippen LogP contribution in [-0.4, -0.2) is 61.2 Å². The van der Waals surface area contributed by atoms with E-state index in [-0.39, 0.29) is 18.0 Å². The minimum atomic E-state index is -0.312. The smallest absolute Gasteiger partial charge is 0.319 e. The summed E-state index contributed by atoms with van der Waals surface area (Å²) in [5.41, 5.74) is 1.20. The van der Waals surface area contributed by atoms with Crippen LogP contribution in [-0.2, 0) is 4.74 Å². The third kappa shape index (κ3) is 5.44. The lowest BCUT2D eigenvalue weighted by molar-refractivity contribution is 0.0772. The van der Waals surface area contributed by atoms with Gasteiger partial charge in [0.25, 0.3) is 5.91 Å². The number of carbonyl (C=O) groups is 2. The van der Waals surface area contributed by atoms with E-state index in [1.807, 2.05) is 23.6 Å². The third-order valence-electron chi connectivity index (χ3n) is 3.46. The topological polar surface area (TPSA) is 70.7 Å². The molecule has 2 N–H and O–H groups in total. The molecule has 0 bridgehead atoms. The molecule has 0 unspecified atom stereocenters. The van der Waals surface area contributed by atoms with Gasteiger partial charge in [-0.2, -0.15) is 11.8 Å². The van der Waals surface area contributed by atoms with Gasteiger partial charge in [-0.05, 0) is 25.1 Å². The predicted molar refractivity (Wildman–Crippen MR) is 93.2 cm³/mol. The first-order valence-corrected chi connectivity index (χ1v) is 8.79. The van der Waals surface area contributed by atoms with Gasteiger partial charge in [0.05, 0.1) is 12.6 Å². The van der Waals surface area contributed by atoms with Gasteiger partial charge in [-0.3, -0.25) is 4.79 Å². The Labute approximate surface area is 140 Å². The standard InChI is InChI=1S/C16H23N3O3S/c1-12(11-22-2)17-16(21)18-14-5-3-4-13(10-14)15(20)19-6-8-23-9-7-19/h3-5,10,12H,6-9,11H2,1-2H3,(H2,17,18,21)/t12-/m0/s1. The van der Waals surface area contributed by atoms with Crippen LogP contribution in [0.4, 0.5) is 10.5 Å². The van der Waals surface area contributed by atoms with Crippen LogP contribution >= 0.6 is 11.8 Å². The molecule has 0 aliphatic carbocycles. The van der Waals surface area contributed by atoms with E-state index in [2.05, 4.69) is 10.6 Å². The van der Waals surface area contributed by atoms with Crippen molar-refractivity contribution in [1.82, 2.24) is 10.2 Å². The number of hydrogen-bond donors (Lipinski definition) is 2. The summed E-state index contributed by atoms with van der Waals surface area (Å²) in [6.45, 7) is 3.85. The summed E-state index contributed by atoms with van der Waals surface area (Å²) in [5.74, 6) is 1.97. The SMILES string of the molecule is COC[C@H](C)NC(=O)Nc1cccc(C(=O)N2CCSCC2)c1. The van der Waals surface area contributed by atoms with Crippen LogP contribution in [0, 0.1) is 0 Å². The summed E-state index contributed by atoms with van der Waals surface area (Å²) >= 11 is 1.86. The molecular formula is C16H23N3O3S. The highest BCUT2D eigenvalue weighted by Gasteiger charge is 2.18. The van der Waals surface area contributed by atoms with Crippen LogP contribution in [0.2, 0.25) is 0 Å². The number of anilines is 1. The first kappa shape index (κ1) is 17.6. The first-order chi connectivity index (χ1) is 11.1. The zero-order valence-electron chi connectivity index (χ0n) is 13.5. The number of nitrogens with zero attached hydrogens (tertiary/aromatic N) is 1. The molecule has 1 atom stereocenters. The molecule has 1 heterocycles. The van der Waals surface area contributed by atoms with Crippen molar-refractivity contribution in [2.45, 2.75) is 13.0 Å². The van der Waals surface area contributed by atoms with Crippen LogP contribution < -0.4 is 10.6 Å². The van der Waals surface area contributed by atoms with Crippen LogP contribution in [0.5, 0.6) is 0 Å². The molecule has 0 radical (unpaired) electrons. The summed E-state index contributed by atoms with van der Waals surface area (Å²) < 4.78 is 4.98. The van der Waals surface area contributed by atoms with Crippen molar-refractivity contribution in [1.29, 1.82) is 0 Å². The lowest BCUT2D eigenvalue weighted by Gasteiger charge is -2.26. The summed E-state index contributed by atoms with van der Waals surface area (Å²) in [7, 11) is 1.59. The minimum absolute atomic E-state index is 0.0158. The van der Waals surface area contributed by atoms with Gasteiger partial charge >= 0.3 is 6.03 Å². The average molecular weight is 337 g/mol. The Hall–Kier alpha value is -1.73. The molecule has 7 heteroatoms. The van der Waals surface area contributed by atoms with Crippen molar-refractivity contribution in [3.05, 3.63) is 29.8 Å². The minimum Gasteiger partial charge on any atom is -0.383 e. The Morgan fingerprint density at radius 2 is 2.09 bits per heavy atom. The zero-order valence-corrected chi connectivity index (χ0v) is 14.3. The molecule has 0 spiro atoms. The monoisotopic (exact) mass is 337 g/mol. The van der Waals surface area contributed by atoms with E-state index < -0.39 is 0 Å². The lowest BCUT2D eigenvalue weighted by Crippen LogP contribution is -2.39. The zero-order chi connectivity index (χ0) is 16.7. The summed E-state index contributed by atoms with van der Waals surface area (Å²) in [6.07, 6.45) is 0. The summed E-state index contributed by atoms with van der Waals surface area (Å²) in [5, 5.41) is 5.52. The molecule has 1 aliphatic rings. The number of urea groups is 1. The first-order valence-electron chi connectivity index (χ1n) is 7.63. The highest BCUT2D eigenvalue weighted by Crippen LogP contribution is 2.16. The number of methoxy groups -OCH3 is 1. The predicted octanol–water partition coefficient (Wildman–Crippen LogP) is 2.03. The normalized spacial score (nSPS) is 15.8. The molecule has 126 valence electrons. The van der Waals surface area contributed by atoms with E-state index in [0.29, 0.717) is 17.9 Å². The van der Waals surface area contributed by atoms with Crippen LogP contribution in [0.1, 0.15) is 17.3 Å². The molecule has 2 rings (SSSR count). The fraction of sp³-hybridized carbons (Fsp3) is 0.500. The number of thioether (sulfide) groups is 1. The maximum Gasteiger partial charge on any atom is 0.319 e. The summed E-state index contributed by atoms with van der Waals surface area (Å²) in [6, 6.07) is 6.64. The highest BCUT2D eigenvalue weighted by atomic mass is 32.2. The fourth-order valence-electron chi connectivity index (χ4n) is 2.36. The van der Waals surface area contributed by atoms with Gasteiger partial charge < -0.3 is 20.3 Å². The second-order valence-corrected chi connectivity index (χ2v) is 6.66. The molecular weight excluding hydrogens is 314 g/mol. The number of hydrogen-bond acceptors (Lipinski definition) is 4. The van der Waals surface area contributed by atoms with Gasteiger partial charge in [0, 0.05) is 43.0 Å². The van der Waals surface area contributed by atoms with Crippen LogP contribution in [0.3, 0.4) is 0 Å². The summed E-state index contributed by atoms with van der Waals surface area (Å²) in [4.78, 5) is 26.2. The molecule has 0 saturated carbocycles. The second-order valence-electron chi connectivity index (χ2n) is 5.44. The van der Waals surface area contributed by atoms with Gasteiger partial charge in [-0.15, -0.1) is 0 Å². The van der Waals surface area contributed by atoms with Crippen molar-refractivity contribution >= 4 is 29.4 Å². The van der Waals surface area contributed by atoms with Gasteiger partial charge in [-0.25, -0.2) is 4.79 Å². The molecule has 6 nitrogen and oxygen atoms in total. The van der Waals surface area contributed by atoms with E-state index in [1.165, 1.54) is 0 Å². The van der Waals surface area contributed by atoms with Gasteiger partial charge in [0.2, 0.25) is 0 Å². The average Bonchev–Trinajstić information content (AvgIpc) is 2.55. The second kappa shape index (κ2) is 8.79. The third-order valence-corrected chi connectivity index (χ3v) is 4.40. The molecule has 23 heavy (non-hydrogen) atoms. The number of benzene rings is 1. The Kier molecular flexibility index (Phi) is 6.73. The van der Waals surface area contributed by atoms with E-state index in [1.54, 1.807) is 31.4 Å². The highest BCUT2D eigenvalue weighted by molar-refractivity contribution is 7.99. The van der Waals surface area contributed by atoms with Crippen LogP contribution in [0.25, 0.3) is 0 Å². The number of nitrogens with one attached hydrogen (secondary N) is 2. The number of amides is 3. The molecule has 1 aliphatic heterocycles. The van der Waals surface area contributed by atoms with E-state index in [9.17, 15) is 9.59 Å². The maximum atomic E-state index is 12.5. The Morgan fingerprint density at radius 3 is 2.78 bits per heavy atom. The van der Waals surface area contributed by atoms with Crippen molar-refractivity contribution < 1.29 is 14.3 Å². The Bertz CT molecular complexity index is 547. The fourth-order valence-corrected chi connectivity index (χ4v) is 3.26. The molecule has 1 fully saturated rings. The van der Waals surface area contributed by atoms with Gasteiger partial charge in [-0.1, -0.05) is 6.07 Å². The Balaban J connectivity index is 1.96. The molecule has 1 saturated heterocycles. The van der Waals surface area contributed by atoms with Crippen molar-refractivity contribution in [2.24, 2.45) is 0 Å². The largest absolute Gasteiger partial charge is 0.383 e. The van der Waals surface area contributed by atoms with E-state index >= 15 is 0 Å². The van der Waals surface area contributed by atoms with Gasteiger partial charge in [0.1, 0.15) is 0 Å². The van der Waals surface area contributed by atoms with Crippen molar-refractivity contribution in [3.8, 4) is 0 Å². The van der Waals surface area contributed by atoms with Crippen molar-refractivity contribution in [2.75, 3.05) is 43.6 Å². The Morgan fingerprint density at radius 1 is 1.35 bits per heavy atom. The quantitative estimate of drug-likeness (QED) is 0.862. The lowest BCUT2D eigenvalue weighted by atomic mass is 10.1. The molecule has 1 aromatic carbocycles. The molecule has 0 aromatic heterocycles. The molecule has 3 amide bonds. The number of rotatable bonds is 5. The molecule has 1 aromatic rings. The van der Waals surface area contributed by atoms with Crippen LogP contribution in [0.15, 0.2) is 24.3 Å². The van der Waals surface area contributed by atoms with Gasteiger partial charge in [0.15, 0.2) is 0 Å². The van der Waals surface area contributed by atoms with E-state index in [4.69, 9.17) is 4.74 Å². The van der Waals surface area contributed by atoms with E-state index in [0.717, 1.165) is 24.6 Å². The number of carbonyl (C=O) groups excluding carboxylic acids is 2.